The highest BCUT2D eigenvalue weighted by Crippen LogP contribution is 2.38. The third-order valence-corrected chi connectivity index (χ3v) is 7.27. The molecule has 0 bridgehead atoms. The van der Waals surface area contributed by atoms with Crippen LogP contribution in [0.2, 0.25) is 0 Å². The summed E-state index contributed by atoms with van der Waals surface area (Å²) in [7, 11) is -3.15. The third-order valence-electron chi connectivity index (χ3n) is 5.25. The Morgan fingerprint density at radius 3 is 2.68 bits per heavy atom. The molecule has 5 rings (SSSR count). The van der Waals surface area contributed by atoms with E-state index in [-0.39, 0.29) is 11.3 Å². The van der Waals surface area contributed by atoms with Crippen LogP contribution in [-0.4, -0.2) is 52.6 Å². The van der Waals surface area contributed by atoms with Gasteiger partial charge in [0.15, 0.2) is 11.5 Å². The Kier molecular flexibility index (Phi) is 3.50. The number of sulfonamides is 1. The SMILES string of the molecule is O=S(=O)(NC1CCCN(c2ccc3nnc(C4CC4)n3n2)C1)C1CC1. The van der Waals surface area contributed by atoms with Crippen LogP contribution >= 0.6 is 0 Å². The molecule has 2 aromatic heterocycles. The maximum Gasteiger partial charge on any atom is 0.214 e. The van der Waals surface area contributed by atoms with E-state index >= 15 is 0 Å². The summed E-state index contributed by atoms with van der Waals surface area (Å²) in [4.78, 5) is 2.17. The molecule has 3 aliphatic rings. The minimum atomic E-state index is -3.15. The van der Waals surface area contributed by atoms with Gasteiger partial charge in [0, 0.05) is 25.0 Å². The number of piperidine rings is 1. The van der Waals surface area contributed by atoms with Crippen molar-refractivity contribution in [2.45, 2.75) is 55.7 Å². The van der Waals surface area contributed by atoms with Gasteiger partial charge in [-0.25, -0.2) is 13.1 Å². The third kappa shape index (κ3) is 2.99. The maximum absolute atomic E-state index is 12.2. The van der Waals surface area contributed by atoms with Gasteiger partial charge in [-0.15, -0.1) is 15.3 Å². The van der Waals surface area contributed by atoms with Crippen LogP contribution in [-0.2, 0) is 10.0 Å². The zero-order valence-electron chi connectivity index (χ0n) is 14.0. The molecule has 8 nitrogen and oxygen atoms in total. The van der Waals surface area contributed by atoms with Gasteiger partial charge in [0.1, 0.15) is 5.82 Å². The van der Waals surface area contributed by atoms with Crippen molar-refractivity contribution in [2.75, 3.05) is 18.0 Å². The van der Waals surface area contributed by atoms with Crippen LogP contribution in [0.25, 0.3) is 5.65 Å². The van der Waals surface area contributed by atoms with Crippen molar-refractivity contribution in [1.29, 1.82) is 0 Å². The van der Waals surface area contributed by atoms with Gasteiger partial charge in [0.05, 0.1) is 5.25 Å². The highest BCUT2D eigenvalue weighted by molar-refractivity contribution is 7.90. The molecule has 3 fully saturated rings. The smallest absolute Gasteiger partial charge is 0.214 e. The van der Waals surface area contributed by atoms with E-state index in [0.29, 0.717) is 12.5 Å². The lowest BCUT2D eigenvalue weighted by molar-refractivity contribution is 0.462. The summed E-state index contributed by atoms with van der Waals surface area (Å²) in [5.41, 5.74) is 0.772. The number of nitrogens with one attached hydrogen (secondary N) is 1. The number of rotatable bonds is 5. The molecule has 1 aliphatic heterocycles. The fraction of sp³-hybridized carbons (Fsp3) is 0.688. The van der Waals surface area contributed by atoms with E-state index in [4.69, 9.17) is 5.10 Å². The normalized spacial score (nSPS) is 24.8. The number of aromatic nitrogens is 4. The summed E-state index contributed by atoms with van der Waals surface area (Å²) in [6.45, 7) is 1.55. The molecule has 1 unspecified atom stereocenters. The predicted octanol–water partition coefficient (Wildman–Crippen LogP) is 1.05. The summed E-state index contributed by atoms with van der Waals surface area (Å²) >= 11 is 0. The molecule has 25 heavy (non-hydrogen) atoms. The van der Waals surface area contributed by atoms with E-state index in [2.05, 4.69) is 19.8 Å². The maximum atomic E-state index is 12.2. The first-order valence-corrected chi connectivity index (χ1v) is 10.6. The van der Waals surface area contributed by atoms with Crippen molar-refractivity contribution in [3.63, 3.8) is 0 Å². The zero-order valence-corrected chi connectivity index (χ0v) is 14.8. The Labute approximate surface area is 146 Å². The van der Waals surface area contributed by atoms with Crippen molar-refractivity contribution < 1.29 is 8.42 Å². The Morgan fingerprint density at radius 1 is 1.08 bits per heavy atom. The second-order valence-electron chi connectivity index (χ2n) is 7.44. The minimum Gasteiger partial charge on any atom is -0.354 e. The largest absolute Gasteiger partial charge is 0.354 e. The van der Waals surface area contributed by atoms with Gasteiger partial charge in [0.25, 0.3) is 0 Å². The molecule has 0 radical (unpaired) electrons. The molecule has 0 spiro atoms. The highest BCUT2D eigenvalue weighted by Gasteiger charge is 2.38. The average Bonchev–Trinajstić information content (AvgIpc) is 3.50. The van der Waals surface area contributed by atoms with Crippen molar-refractivity contribution in [3.8, 4) is 0 Å². The van der Waals surface area contributed by atoms with E-state index in [1.54, 1.807) is 0 Å². The molecule has 1 saturated heterocycles. The molecule has 2 aliphatic carbocycles. The molecule has 2 saturated carbocycles. The lowest BCUT2D eigenvalue weighted by Crippen LogP contribution is -2.48. The van der Waals surface area contributed by atoms with Crippen LogP contribution in [0.4, 0.5) is 5.82 Å². The minimum absolute atomic E-state index is 0.0411. The quantitative estimate of drug-likeness (QED) is 0.855. The number of fused-ring (bicyclic) bond motifs is 1. The fourth-order valence-electron chi connectivity index (χ4n) is 3.55. The predicted molar refractivity (Wildman–Crippen MR) is 93.1 cm³/mol. The first kappa shape index (κ1) is 15.5. The van der Waals surface area contributed by atoms with Gasteiger partial charge >= 0.3 is 0 Å². The van der Waals surface area contributed by atoms with E-state index in [1.807, 2.05) is 16.6 Å². The summed E-state index contributed by atoms with van der Waals surface area (Å²) in [6, 6.07) is 3.86. The van der Waals surface area contributed by atoms with Crippen LogP contribution in [0.5, 0.6) is 0 Å². The molecule has 1 atom stereocenters. The monoisotopic (exact) mass is 362 g/mol. The van der Waals surface area contributed by atoms with Crippen LogP contribution in [0, 0.1) is 0 Å². The molecule has 3 heterocycles. The van der Waals surface area contributed by atoms with Gasteiger partial charge < -0.3 is 4.90 Å². The fourth-order valence-corrected chi connectivity index (χ4v) is 5.16. The summed E-state index contributed by atoms with van der Waals surface area (Å²) < 4.78 is 29.2. The Hall–Kier alpha value is -1.74. The molecule has 0 aromatic carbocycles. The first-order chi connectivity index (χ1) is 12.1. The van der Waals surface area contributed by atoms with Crippen molar-refractivity contribution in [1.82, 2.24) is 24.5 Å². The van der Waals surface area contributed by atoms with Crippen LogP contribution in [0.15, 0.2) is 12.1 Å². The second-order valence-corrected chi connectivity index (χ2v) is 9.43. The zero-order chi connectivity index (χ0) is 17.0. The van der Waals surface area contributed by atoms with Crippen LogP contribution < -0.4 is 9.62 Å². The van der Waals surface area contributed by atoms with Crippen molar-refractivity contribution in [3.05, 3.63) is 18.0 Å². The first-order valence-electron chi connectivity index (χ1n) is 9.08. The van der Waals surface area contributed by atoms with Gasteiger partial charge in [0.2, 0.25) is 10.0 Å². The Bertz CT molecular complexity index is 902. The Morgan fingerprint density at radius 2 is 1.92 bits per heavy atom. The number of nitrogens with zero attached hydrogens (tertiary/aromatic N) is 5. The van der Waals surface area contributed by atoms with E-state index in [1.165, 1.54) is 0 Å². The molecular weight excluding hydrogens is 340 g/mol. The molecule has 1 N–H and O–H groups in total. The molecule has 0 amide bonds. The standard InChI is InChI=1S/C16H22N6O2S/c23-25(24,13-5-6-13)20-12-2-1-9-21(10-12)15-8-7-14-17-18-16(11-3-4-11)22(14)19-15/h7-8,11-13,20H,1-6,9-10H2. The Balaban J connectivity index is 1.37. The van der Waals surface area contributed by atoms with E-state index in [0.717, 1.165) is 62.4 Å². The summed E-state index contributed by atoms with van der Waals surface area (Å²) in [6.07, 6.45) is 5.73. The summed E-state index contributed by atoms with van der Waals surface area (Å²) in [5.74, 6) is 2.29. The van der Waals surface area contributed by atoms with Crippen molar-refractivity contribution in [2.24, 2.45) is 0 Å². The lowest BCUT2D eigenvalue weighted by Gasteiger charge is -2.33. The topological polar surface area (TPSA) is 92.5 Å². The van der Waals surface area contributed by atoms with Gasteiger partial charge in [-0.1, -0.05) is 0 Å². The molecule has 2 aromatic rings. The van der Waals surface area contributed by atoms with Crippen LogP contribution in [0.1, 0.15) is 50.3 Å². The average molecular weight is 362 g/mol. The summed E-state index contributed by atoms with van der Waals surface area (Å²) in [5, 5.41) is 13.0. The van der Waals surface area contributed by atoms with E-state index in [9.17, 15) is 8.42 Å². The number of hydrogen-bond acceptors (Lipinski definition) is 6. The number of hydrogen-bond donors (Lipinski definition) is 1. The van der Waals surface area contributed by atoms with Crippen LogP contribution in [0.3, 0.4) is 0 Å². The van der Waals surface area contributed by atoms with E-state index < -0.39 is 10.0 Å². The molecule has 9 heteroatoms. The highest BCUT2D eigenvalue weighted by atomic mass is 32.2. The second kappa shape index (κ2) is 5.63. The van der Waals surface area contributed by atoms with Gasteiger partial charge in [-0.3, -0.25) is 0 Å². The number of anilines is 1. The lowest BCUT2D eigenvalue weighted by atomic mass is 10.1. The van der Waals surface area contributed by atoms with Gasteiger partial charge in [-0.2, -0.15) is 4.52 Å². The molecule has 134 valence electrons. The van der Waals surface area contributed by atoms with Gasteiger partial charge in [-0.05, 0) is 50.7 Å². The van der Waals surface area contributed by atoms with Crippen molar-refractivity contribution >= 4 is 21.5 Å². The molecular formula is C16H22N6O2S.